The van der Waals surface area contributed by atoms with Gasteiger partial charge in [-0.25, -0.2) is 14.2 Å². The van der Waals surface area contributed by atoms with Crippen molar-refractivity contribution in [1.29, 1.82) is 0 Å². The molecule has 2 atom stereocenters. The number of carboxylic acids is 1. The minimum Gasteiger partial charge on any atom is -0.477 e. The smallest absolute Gasteiger partial charge is 0.354 e. The Balaban J connectivity index is 1.08. The molecule has 0 saturated carbocycles. The van der Waals surface area contributed by atoms with E-state index in [4.69, 9.17) is 30.8 Å². The standard InChI is InChI=1S/C33H35ClFN5O5/c1-19-30(26-16-27(32(41)42)38(3)37-26)40(17-22-11-14-43-22)29(36-19)18-39-12-9-20(10-13-39)23-5-4-6-28-31(23)45-33(2,44-28)24-8-7-21(34)15-25(24)35/h4-8,15-16,20,22H,9-14,17-18H2,1-3H3,(H,41,42)/t22-,33-/m0/s1. The van der Waals surface area contributed by atoms with Gasteiger partial charge in [0, 0.05) is 37.2 Å². The van der Waals surface area contributed by atoms with Crippen LogP contribution in [-0.2, 0) is 30.7 Å². The highest BCUT2D eigenvalue weighted by Gasteiger charge is 2.43. The molecule has 2 aromatic carbocycles. The van der Waals surface area contributed by atoms with Crippen LogP contribution in [0.2, 0.25) is 5.02 Å². The van der Waals surface area contributed by atoms with E-state index in [0.717, 1.165) is 61.7 Å². The molecule has 0 unspecified atom stereocenters. The molecule has 10 nitrogen and oxygen atoms in total. The number of piperidine rings is 1. The lowest BCUT2D eigenvalue weighted by Crippen LogP contribution is -2.35. The second kappa shape index (κ2) is 11.5. The number of rotatable bonds is 8. The van der Waals surface area contributed by atoms with Gasteiger partial charge in [0.15, 0.2) is 11.5 Å². The maximum absolute atomic E-state index is 14.9. The summed E-state index contributed by atoms with van der Waals surface area (Å²) in [4.78, 5) is 19.1. The molecule has 45 heavy (non-hydrogen) atoms. The number of nitrogens with zero attached hydrogens (tertiary/aromatic N) is 5. The summed E-state index contributed by atoms with van der Waals surface area (Å²) in [6, 6.07) is 12.0. The molecule has 1 N–H and O–H groups in total. The fourth-order valence-corrected chi connectivity index (χ4v) is 6.89. The quantitative estimate of drug-likeness (QED) is 0.255. The molecular weight excluding hydrogens is 601 g/mol. The lowest BCUT2D eigenvalue weighted by atomic mass is 9.88. The number of carbonyl (C=O) groups is 1. The van der Waals surface area contributed by atoms with Crippen molar-refractivity contribution in [2.24, 2.45) is 7.05 Å². The van der Waals surface area contributed by atoms with E-state index < -0.39 is 17.6 Å². The third-order valence-corrected chi connectivity index (χ3v) is 9.40. The van der Waals surface area contributed by atoms with E-state index >= 15 is 0 Å². The first-order chi connectivity index (χ1) is 21.6. The summed E-state index contributed by atoms with van der Waals surface area (Å²) in [7, 11) is 1.64. The van der Waals surface area contributed by atoms with Gasteiger partial charge in [0.1, 0.15) is 23.0 Å². The van der Waals surface area contributed by atoms with Gasteiger partial charge in [-0.15, -0.1) is 0 Å². The molecule has 7 rings (SSSR count). The summed E-state index contributed by atoms with van der Waals surface area (Å²) < 4.78 is 36.7. The Morgan fingerprint density at radius 1 is 1.16 bits per heavy atom. The minimum absolute atomic E-state index is 0.0962. The number of aromatic carboxylic acids is 1. The Labute approximate surface area is 265 Å². The number of benzene rings is 2. The highest BCUT2D eigenvalue weighted by Crippen LogP contribution is 2.50. The number of imidazole rings is 1. The van der Waals surface area contributed by atoms with E-state index in [9.17, 15) is 14.3 Å². The van der Waals surface area contributed by atoms with Crippen molar-refractivity contribution in [2.75, 3.05) is 19.7 Å². The van der Waals surface area contributed by atoms with Crippen LogP contribution in [0.1, 0.15) is 65.2 Å². The summed E-state index contributed by atoms with van der Waals surface area (Å²) in [5.41, 5.74) is 3.72. The van der Waals surface area contributed by atoms with Gasteiger partial charge in [-0.1, -0.05) is 23.7 Å². The fourth-order valence-electron chi connectivity index (χ4n) is 6.73. The van der Waals surface area contributed by atoms with Crippen LogP contribution in [-0.4, -0.2) is 61.1 Å². The Kier molecular flexibility index (Phi) is 7.58. The zero-order valence-corrected chi connectivity index (χ0v) is 26.2. The number of aryl methyl sites for hydroxylation is 2. The molecule has 5 heterocycles. The third kappa shape index (κ3) is 5.47. The lowest BCUT2D eigenvalue weighted by molar-refractivity contribution is -0.0712. The first-order valence-corrected chi connectivity index (χ1v) is 15.6. The normalized spacial score (nSPS) is 21.7. The molecule has 2 saturated heterocycles. The van der Waals surface area contributed by atoms with Gasteiger partial charge >= 0.3 is 5.97 Å². The van der Waals surface area contributed by atoms with Crippen molar-refractivity contribution in [3.8, 4) is 22.9 Å². The lowest BCUT2D eigenvalue weighted by Gasteiger charge is -2.33. The van der Waals surface area contributed by atoms with Crippen LogP contribution >= 0.6 is 11.6 Å². The first-order valence-electron chi connectivity index (χ1n) is 15.2. The molecule has 4 aromatic rings. The highest BCUT2D eigenvalue weighted by molar-refractivity contribution is 6.30. The predicted molar refractivity (Wildman–Crippen MR) is 164 cm³/mol. The molecule has 2 aromatic heterocycles. The number of fused-ring (bicyclic) bond motifs is 1. The number of carboxylic acid groups (broad SMARTS) is 1. The maximum atomic E-state index is 14.9. The summed E-state index contributed by atoms with van der Waals surface area (Å²) in [6.07, 6.45) is 2.89. The number of likely N-dealkylation sites (tertiary alicyclic amines) is 1. The van der Waals surface area contributed by atoms with Gasteiger partial charge in [0.25, 0.3) is 5.79 Å². The largest absolute Gasteiger partial charge is 0.477 e. The fraction of sp³-hybridized carbons (Fsp3) is 0.424. The van der Waals surface area contributed by atoms with Crippen molar-refractivity contribution in [3.05, 3.63) is 81.6 Å². The van der Waals surface area contributed by atoms with Crippen LogP contribution in [0.15, 0.2) is 42.5 Å². The molecule has 0 amide bonds. The van der Waals surface area contributed by atoms with Gasteiger partial charge in [0.2, 0.25) is 0 Å². The van der Waals surface area contributed by atoms with Crippen molar-refractivity contribution < 1.29 is 28.5 Å². The second-order valence-electron chi connectivity index (χ2n) is 12.2. The number of aromatic nitrogens is 4. The van der Waals surface area contributed by atoms with E-state index in [-0.39, 0.29) is 17.7 Å². The molecule has 2 fully saturated rings. The summed E-state index contributed by atoms with van der Waals surface area (Å²) in [5, 5.41) is 14.4. The Bertz CT molecular complexity index is 1780. The van der Waals surface area contributed by atoms with E-state index in [1.165, 1.54) is 10.7 Å². The van der Waals surface area contributed by atoms with Crippen molar-refractivity contribution >= 4 is 17.6 Å². The zero-order valence-electron chi connectivity index (χ0n) is 25.4. The van der Waals surface area contributed by atoms with Crippen LogP contribution in [0.25, 0.3) is 11.4 Å². The topological polar surface area (TPSA) is 104 Å². The molecular formula is C33H35ClFN5O5. The second-order valence-corrected chi connectivity index (χ2v) is 12.6. The number of hydrogen-bond acceptors (Lipinski definition) is 7. The summed E-state index contributed by atoms with van der Waals surface area (Å²) in [6.45, 7) is 7.42. The van der Waals surface area contributed by atoms with Crippen molar-refractivity contribution in [3.63, 3.8) is 0 Å². The van der Waals surface area contributed by atoms with Gasteiger partial charge < -0.3 is 23.9 Å². The predicted octanol–water partition coefficient (Wildman–Crippen LogP) is 5.90. The average molecular weight is 636 g/mol. The molecule has 0 spiro atoms. The summed E-state index contributed by atoms with van der Waals surface area (Å²) in [5.74, 6) is -0.344. The van der Waals surface area contributed by atoms with E-state index in [0.29, 0.717) is 40.9 Å². The maximum Gasteiger partial charge on any atom is 0.354 e. The van der Waals surface area contributed by atoms with Crippen LogP contribution in [0.5, 0.6) is 11.5 Å². The van der Waals surface area contributed by atoms with Gasteiger partial charge in [-0.3, -0.25) is 9.58 Å². The molecule has 236 valence electrons. The molecule has 0 aliphatic carbocycles. The Morgan fingerprint density at radius 3 is 2.60 bits per heavy atom. The van der Waals surface area contributed by atoms with Crippen molar-refractivity contribution in [1.82, 2.24) is 24.2 Å². The minimum atomic E-state index is -1.29. The first kappa shape index (κ1) is 29.8. The van der Waals surface area contributed by atoms with Gasteiger partial charge in [-0.05, 0) is 69.5 Å². The SMILES string of the molecule is Cc1nc(CN2CCC(c3cccc4c3O[C@@](C)(c3ccc(Cl)cc3F)O4)CC2)n(C[C@@H]2CCO2)c1-c1cc(C(=O)O)n(C)n1. The van der Waals surface area contributed by atoms with E-state index in [1.807, 2.05) is 19.1 Å². The van der Waals surface area contributed by atoms with Crippen LogP contribution in [0, 0.1) is 12.7 Å². The number of halogens is 2. The molecule has 0 bridgehead atoms. The van der Waals surface area contributed by atoms with Crippen LogP contribution < -0.4 is 9.47 Å². The number of ether oxygens (including phenoxy) is 3. The molecule has 0 radical (unpaired) electrons. The van der Waals surface area contributed by atoms with Crippen molar-refractivity contribution in [2.45, 2.75) is 64.0 Å². The summed E-state index contributed by atoms with van der Waals surface area (Å²) >= 11 is 5.98. The third-order valence-electron chi connectivity index (χ3n) is 9.17. The monoisotopic (exact) mass is 635 g/mol. The molecule has 3 aliphatic rings. The Hall–Kier alpha value is -3.93. The van der Waals surface area contributed by atoms with Gasteiger partial charge in [0.05, 0.1) is 36.1 Å². The molecule has 3 aliphatic heterocycles. The number of hydrogen-bond donors (Lipinski definition) is 1. The van der Waals surface area contributed by atoms with E-state index in [1.54, 1.807) is 32.2 Å². The molecule has 12 heteroatoms. The van der Waals surface area contributed by atoms with Gasteiger partial charge in [-0.2, -0.15) is 5.10 Å². The van der Waals surface area contributed by atoms with Crippen LogP contribution in [0.3, 0.4) is 0 Å². The number of para-hydroxylation sites is 1. The zero-order chi connectivity index (χ0) is 31.5. The van der Waals surface area contributed by atoms with Crippen LogP contribution in [0.4, 0.5) is 4.39 Å². The average Bonchev–Trinajstić information content (AvgIpc) is 3.62. The van der Waals surface area contributed by atoms with E-state index in [2.05, 4.69) is 20.6 Å². The highest BCUT2D eigenvalue weighted by atomic mass is 35.5. The Morgan fingerprint density at radius 2 is 1.93 bits per heavy atom.